The molecule has 0 saturated heterocycles. The zero-order chi connectivity index (χ0) is 12.1. The standard InChI is InChI=1S/C12H12N2O2S/c15-17(16)9-6-12-10(4-3-8-14-12)11-5-1-2-7-13-11/h1-5,7-8H,6,9H2,(H,15,16)/p-1. The molecule has 0 aliphatic heterocycles. The van der Waals surface area contributed by atoms with Crippen molar-refractivity contribution in [2.24, 2.45) is 0 Å². The molecule has 2 aromatic heterocycles. The molecule has 1 atom stereocenters. The molecule has 0 spiro atoms. The average Bonchev–Trinajstić information content (AvgIpc) is 2.38. The summed E-state index contributed by atoms with van der Waals surface area (Å²) < 4.78 is 21.2. The highest BCUT2D eigenvalue weighted by molar-refractivity contribution is 7.79. The van der Waals surface area contributed by atoms with Crippen molar-refractivity contribution in [3.05, 3.63) is 48.4 Å². The zero-order valence-electron chi connectivity index (χ0n) is 9.07. The van der Waals surface area contributed by atoms with Gasteiger partial charge in [-0.3, -0.25) is 14.2 Å². The molecular weight excluding hydrogens is 236 g/mol. The lowest BCUT2D eigenvalue weighted by Gasteiger charge is -2.08. The predicted octanol–water partition coefficient (Wildman–Crippen LogP) is 1.57. The van der Waals surface area contributed by atoms with Gasteiger partial charge >= 0.3 is 0 Å². The fraction of sp³-hybridized carbons (Fsp3) is 0.167. The van der Waals surface area contributed by atoms with E-state index in [2.05, 4.69) is 9.97 Å². The second-order valence-corrected chi connectivity index (χ2v) is 4.49. The van der Waals surface area contributed by atoms with Crippen molar-refractivity contribution in [3.63, 3.8) is 0 Å². The lowest BCUT2D eigenvalue weighted by molar-refractivity contribution is 0.536. The van der Waals surface area contributed by atoms with Gasteiger partial charge in [0.25, 0.3) is 0 Å². The Hall–Kier alpha value is -1.59. The second kappa shape index (κ2) is 5.65. The molecular formula is C12H11N2O2S-. The quantitative estimate of drug-likeness (QED) is 0.769. The second-order valence-electron chi connectivity index (χ2n) is 3.47. The van der Waals surface area contributed by atoms with Gasteiger partial charge in [0.05, 0.1) is 11.4 Å². The van der Waals surface area contributed by atoms with Crippen molar-refractivity contribution in [1.29, 1.82) is 0 Å². The predicted molar refractivity (Wildman–Crippen MR) is 65.0 cm³/mol. The van der Waals surface area contributed by atoms with E-state index in [0.717, 1.165) is 17.0 Å². The Bertz CT molecular complexity index is 517. The first-order valence-corrected chi connectivity index (χ1v) is 6.43. The molecule has 88 valence electrons. The van der Waals surface area contributed by atoms with Gasteiger partial charge in [-0.25, -0.2) is 0 Å². The molecule has 0 radical (unpaired) electrons. The van der Waals surface area contributed by atoms with E-state index in [0.29, 0.717) is 6.42 Å². The lowest BCUT2D eigenvalue weighted by atomic mass is 10.1. The van der Waals surface area contributed by atoms with Gasteiger partial charge in [-0.05, 0) is 24.3 Å². The Morgan fingerprint density at radius 1 is 1.12 bits per heavy atom. The molecule has 0 aliphatic carbocycles. The van der Waals surface area contributed by atoms with Gasteiger partial charge in [0, 0.05) is 30.1 Å². The van der Waals surface area contributed by atoms with E-state index >= 15 is 0 Å². The van der Waals surface area contributed by atoms with Crippen LogP contribution >= 0.6 is 0 Å². The van der Waals surface area contributed by atoms with Crippen LogP contribution in [-0.2, 0) is 17.5 Å². The number of hydrogen-bond acceptors (Lipinski definition) is 4. The Kier molecular flexibility index (Phi) is 3.95. The fourth-order valence-electron chi connectivity index (χ4n) is 1.57. The molecule has 0 aromatic carbocycles. The number of rotatable bonds is 4. The van der Waals surface area contributed by atoms with Crippen LogP contribution in [0.1, 0.15) is 5.69 Å². The highest BCUT2D eigenvalue weighted by Crippen LogP contribution is 2.19. The van der Waals surface area contributed by atoms with E-state index in [1.807, 2.05) is 30.3 Å². The van der Waals surface area contributed by atoms with E-state index in [-0.39, 0.29) is 5.75 Å². The SMILES string of the molecule is O=S([O-])CCc1ncccc1-c1ccccn1. The number of hydrogen-bond donors (Lipinski definition) is 0. The Morgan fingerprint density at radius 2 is 1.94 bits per heavy atom. The average molecular weight is 247 g/mol. The summed E-state index contributed by atoms with van der Waals surface area (Å²) >= 11 is -2.04. The third-order valence-corrected chi connectivity index (χ3v) is 2.87. The van der Waals surface area contributed by atoms with E-state index in [4.69, 9.17) is 0 Å². The maximum atomic E-state index is 10.6. The first-order valence-electron chi connectivity index (χ1n) is 5.18. The summed E-state index contributed by atoms with van der Waals surface area (Å²) in [5, 5.41) is 0. The molecule has 17 heavy (non-hydrogen) atoms. The fourth-order valence-corrected chi connectivity index (χ4v) is 1.93. The molecule has 2 heterocycles. The van der Waals surface area contributed by atoms with E-state index < -0.39 is 11.1 Å². The molecule has 1 unspecified atom stereocenters. The Balaban J connectivity index is 2.31. The molecule has 0 amide bonds. The van der Waals surface area contributed by atoms with Crippen molar-refractivity contribution in [3.8, 4) is 11.3 Å². The van der Waals surface area contributed by atoms with Gasteiger partial charge in [0.1, 0.15) is 0 Å². The normalized spacial score (nSPS) is 12.3. The molecule has 0 N–H and O–H groups in total. The minimum Gasteiger partial charge on any atom is -0.772 e. The molecule has 0 saturated carbocycles. The largest absolute Gasteiger partial charge is 0.772 e. The Labute approximate surface area is 102 Å². The highest BCUT2D eigenvalue weighted by atomic mass is 32.2. The topological polar surface area (TPSA) is 65.9 Å². The van der Waals surface area contributed by atoms with Crippen LogP contribution in [0.25, 0.3) is 11.3 Å². The summed E-state index contributed by atoms with van der Waals surface area (Å²) in [7, 11) is 0. The van der Waals surface area contributed by atoms with Crippen LogP contribution in [0.15, 0.2) is 42.7 Å². The van der Waals surface area contributed by atoms with Gasteiger partial charge in [-0.1, -0.05) is 17.1 Å². The van der Waals surface area contributed by atoms with Gasteiger partial charge in [-0.15, -0.1) is 0 Å². The first kappa shape index (κ1) is 11.9. The summed E-state index contributed by atoms with van der Waals surface area (Å²) in [4.78, 5) is 8.46. The van der Waals surface area contributed by atoms with Crippen LogP contribution in [-0.4, -0.2) is 24.5 Å². The maximum Gasteiger partial charge on any atom is 0.0720 e. The van der Waals surface area contributed by atoms with Gasteiger partial charge in [0.2, 0.25) is 0 Å². The van der Waals surface area contributed by atoms with Gasteiger partial charge in [0.15, 0.2) is 0 Å². The van der Waals surface area contributed by atoms with Gasteiger partial charge < -0.3 is 4.55 Å². The summed E-state index contributed by atoms with van der Waals surface area (Å²) in [6.07, 6.45) is 3.77. The summed E-state index contributed by atoms with van der Waals surface area (Å²) in [6.45, 7) is 0. The summed E-state index contributed by atoms with van der Waals surface area (Å²) in [6, 6.07) is 9.34. The molecule has 2 aromatic rings. The molecule has 4 nitrogen and oxygen atoms in total. The smallest absolute Gasteiger partial charge is 0.0720 e. The van der Waals surface area contributed by atoms with E-state index in [1.54, 1.807) is 12.4 Å². The van der Waals surface area contributed by atoms with E-state index in [1.165, 1.54) is 0 Å². The molecule has 5 heteroatoms. The van der Waals surface area contributed by atoms with Crippen molar-refractivity contribution >= 4 is 11.1 Å². The maximum absolute atomic E-state index is 10.6. The third-order valence-electron chi connectivity index (χ3n) is 2.34. The minimum atomic E-state index is -2.04. The van der Waals surface area contributed by atoms with E-state index in [9.17, 15) is 8.76 Å². The highest BCUT2D eigenvalue weighted by Gasteiger charge is 2.06. The van der Waals surface area contributed by atoms with Gasteiger partial charge in [-0.2, -0.15) is 0 Å². The van der Waals surface area contributed by atoms with Crippen molar-refractivity contribution in [2.75, 3.05) is 5.75 Å². The number of pyridine rings is 2. The van der Waals surface area contributed by atoms with Crippen LogP contribution in [0.2, 0.25) is 0 Å². The van der Waals surface area contributed by atoms with Crippen molar-refractivity contribution in [2.45, 2.75) is 6.42 Å². The number of aryl methyl sites for hydroxylation is 1. The zero-order valence-corrected chi connectivity index (χ0v) is 9.89. The molecule has 0 bridgehead atoms. The van der Waals surface area contributed by atoms with Crippen LogP contribution in [0.5, 0.6) is 0 Å². The third kappa shape index (κ3) is 3.18. The molecule has 2 rings (SSSR count). The van der Waals surface area contributed by atoms with Crippen LogP contribution in [0.4, 0.5) is 0 Å². The lowest BCUT2D eigenvalue weighted by Crippen LogP contribution is -2.03. The number of nitrogens with zero attached hydrogens (tertiary/aromatic N) is 2. The Morgan fingerprint density at radius 3 is 2.65 bits per heavy atom. The van der Waals surface area contributed by atoms with Crippen LogP contribution < -0.4 is 0 Å². The molecule has 0 aliphatic rings. The van der Waals surface area contributed by atoms with Crippen molar-refractivity contribution < 1.29 is 8.76 Å². The van der Waals surface area contributed by atoms with Crippen molar-refractivity contribution in [1.82, 2.24) is 9.97 Å². The number of aromatic nitrogens is 2. The molecule has 0 fully saturated rings. The summed E-state index contributed by atoms with van der Waals surface area (Å²) in [5.74, 6) is 0.0802. The summed E-state index contributed by atoms with van der Waals surface area (Å²) in [5.41, 5.74) is 2.46. The van der Waals surface area contributed by atoms with Crippen LogP contribution in [0.3, 0.4) is 0 Å². The first-order chi connectivity index (χ1) is 8.27. The van der Waals surface area contributed by atoms with Crippen LogP contribution in [0, 0.1) is 0 Å². The minimum absolute atomic E-state index is 0.0802. The monoisotopic (exact) mass is 247 g/mol.